The summed E-state index contributed by atoms with van der Waals surface area (Å²) in [5, 5.41) is 2.36. The molecule has 1 aromatic carbocycles. The van der Waals surface area contributed by atoms with Gasteiger partial charge in [-0.05, 0) is 24.1 Å². The van der Waals surface area contributed by atoms with Gasteiger partial charge < -0.3 is 0 Å². The van der Waals surface area contributed by atoms with Crippen LogP contribution in [0.15, 0.2) is 42.7 Å². The van der Waals surface area contributed by atoms with Crippen LogP contribution in [0, 0.1) is 0 Å². The molecule has 0 radical (unpaired) electrons. The van der Waals surface area contributed by atoms with E-state index in [4.69, 9.17) is 0 Å². The number of fused-ring (bicyclic) bond motifs is 3. The first-order chi connectivity index (χ1) is 7.88. The number of hydrogen-bond acceptors (Lipinski definition) is 2. The highest BCUT2D eigenvalue weighted by molar-refractivity contribution is 6.03. The molecule has 0 saturated heterocycles. The summed E-state index contributed by atoms with van der Waals surface area (Å²) < 4.78 is 0. The molecule has 3 rings (SSSR count). The minimum Gasteiger partial charge on any atom is -0.255 e. The van der Waals surface area contributed by atoms with E-state index in [1.165, 1.54) is 16.3 Å². The summed E-state index contributed by atoms with van der Waals surface area (Å²) in [6.45, 7) is 2.16. The van der Waals surface area contributed by atoms with Gasteiger partial charge in [-0.15, -0.1) is 0 Å². The molecule has 0 bridgehead atoms. The van der Waals surface area contributed by atoms with Crippen LogP contribution in [0.1, 0.15) is 12.5 Å². The Bertz CT molecular complexity index is 659. The average molecular weight is 208 g/mol. The third kappa shape index (κ3) is 1.34. The van der Waals surface area contributed by atoms with Crippen LogP contribution in [0.2, 0.25) is 0 Å². The topological polar surface area (TPSA) is 25.8 Å². The Balaban J connectivity index is 2.43. The lowest BCUT2D eigenvalue weighted by Crippen LogP contribution is -1.86. The molecule has 0 fully saturated rings. The van der Waals surface area contributed by atoms with E-state index in [2.05, 4.69) is 41.2 Å². The minimum absolute atomic E-state index is 0.958. The van der Waals surface area contributed by atoms with Gasteiger partial charge >= 0.3 is 0 Å². The Morgan fingerprint density at radius 2 is 1.88 bits per heavy atom. The van der Waals surface area contributed by atoms with Crippen molar-refractivity contribution >= 4 is 21.8 Å². The van der Waals surface area contributed by atoms with Crippen molar-refractivity contribution in [1.82, 2.24) is 9.97 Å². The summed E-state index contributed by atoms with van der Waals surface area (Å²) in [7, 11) is 0. The van der Waals surface area contributed by atoms with Crippen molar-refractivity contribution in [2.75, 3.05) is 0 Å². The largest absolute Gasteiger partial charge is 0.255 e. The Morgan fingerprint density at radius 3 is 2.75 bits per heavy atom. The van der Waals surface area contributed by atoms with Crippen molar-refractivity contribution in [3.05, 3.63) is 48.3 Å². The molecule has 0 amide bonds. The Hall–Kier alpha value is -1.96. The van der Waals surface area contributed by atoms with Crippen molar-refractivity contribution < 1.29 is 0 Å². The highest BCUT2D eigenvalue weighted by Gasteiger charge is 2.02. The van der Waals surface area contributed by atoms with Crippen LogP contribution in [0.3, 0.4) is 0 Å². The minimum atomic E-state index is 0.958. The zero-order chi connectivity index (χ0) is 11.0. The van der Waals surface area contributed by atoms with E-state index in [-0.39, 0.29) is 0 Å². The van der Waals surface area contributed by atoms with E-state index in [9.17, 15) is 0 Å². The van der Waals surface area contributed by atoms with E-state index in [0.29, 0.717) is 0 Å². The summed E-state index contributed by atoms with van der Waals surface area (Å²) in [4.78, 5) is 8.77. The smallest absolute Gasteiger partial charge is 0.0891 e. The van der Waals surface area contributed by atoms with Crippen molar-refractivity contribution in [3.63, 3.8) is 0 Å². The number of benzene rings is 1. The summed E-state index contributed by atoms with van der Waals surface area (Å²) in [5.41, 5.74) is 3.34. The molecule has 0 aliphatic rings. The summed E-state index contributed by atoms with van der Waals surface area (Å²) in [6, 6.07) is 10.5. The monoisotopic (exact) mass is 208 g/mol. The molecule has 0 aliphatic carbocycles. The van der Waals surface area contributed by atoms with Gasteiger partial charge in [0.1, 0.15) is 0 Å². The first kappa shape index (κ1) is 9.28. The van der Waals surface area contributed by atoms with E-state index < -0.39 is 0 Å². The standard InChI is InChI=1S/C14H12N2/c1-2-10-5-6-12-11-4-3-7-15-14(11)9-16-13(12)8-10/h3-9H,2H2,1H3. The lowest BCUT2D eigenvalue weighted by Gasteiger charge is -2.03. The molecule has 0 spiro atoms. The molecular formula is C14H12N2. The highest BCUT2D eigenvalue weighted by atomic mass is 14.7. The van der Waals surface area contributed by atoms with E-state index in [1.54, 1.807) is 6.20 Å². The fourth-order valence-electron chi connectivity index (χ4n) is 2.01. The van der Waals surface area contributed by atoms with Crippen LogP contribution in [-0.2, 0) is 6.42 Å². The van der Waals surface area contributed by atoms with Gasteiger partial charge in [-0.1, -0.05) is 25.1 Å². The molecule has 2 aromatic heterocycles. The third-order valence-corrected chi connectivity index (χ3v) is 2.93. The highest BCUT2D eigenvalue weighted by Crippen LogP contribution is 2.22. The molecule has 78 valence electrons. The normalized spacial score (nSPS) is 11.1. The maximum Gasteiger partial charge on any atom is 0.0891 e. The molecule has 0 saturated carbocycles. The second-order valence-electron chi connectivity index (χ2n) is 3.90. The molecule has 0 aliphatic heterocycles. The van der Waals surface area contributed by atoms with Crippen LogP contribution >= 0.6 is 0 Å². The lowest BCUT2D eigenvalue weighted by molar-refractivity contribution is 1.14. The SMILES string of the molecule is CCc1ccc2c(c1)ncc1ncccc12. The van der Waals surface area contributed by atoms with Crippen molar-refractivity contribution in [3.8, 4) is 0 Å². The van der Waals surface area contributed by atoms with Gasteiger partial charge in [0.25, 0.3) is 0 Å². The molecule has 3 aromatic rings. The zero-order valence-electron chi connectivity index (χ0n) is 9.14. The number of aryl methyl sites for hydroxylation is 1. The Morgan fingerprint density at radius 1 is 1.00 bits per heavy atom. The fraction of sp³-hybridized carbons (Fsp3) is 0.143. The van der Waals surface area contributed by atoms with E-state index in [0.717, 1.165) is 17.5 Å². The van der Waals surface area contributed by atoms with Crippen molar-refractivity contribution in [2.24, 2.45) is 0 Å². The van der Waals surface area contributed by atoms with Crippen LogP contribution in [0.25, 0.3) is 21.8 Å². The van der Waals surface area contributed by atoms with Gasteiger partial charge in [0, 0.05) is 17.0 Å². The molecule has 2 heteroatoms. The maximum atomic E-state index is 4.46. The van der Waals surface area contributed by atoms with Gasteiger partial charge in [-0.2, -0.15) is 0 Å². The maximum absolute atomic E-state index is 4.46. The van der Waals surface area contributed by atoms with Crippen molar-refractivity contribution in [1.29, 1.82) is 0 Å². The average Bonchev–Trinajstić information content (AvgIpc) is 2.38. The molecule has 2 nitrogen and oxygen atoms in total. The quantitative estimate of drug-likeness (QED) is 0.573. The first-order valence-corrected chi connectivity index (χ1v) is 5.51. The molecule has 0 atom stereocenters. The lowest BCUT2D eigenvalue weighted by atomic mass is 10.1. The molecule has 0 unspecified atom stereocenters. The Kier molecular flexibility index (Phi) is 2.07. The first-order valence-electron chi connectivity index (χ1n) is 5.51. The number of rotatable bonds is 1. The van der Waals surface area contributed by atoms with E-state index >= 15 is 0 Å². The Labute approximate surface area is 94.0 Å². The number of hydrogen-bond donors (Lipinski definition) is 0. The summed E-state index contributed by atoms with van der Waals surface area (Å²) >= 11 is 0. The van der Waals surface area contributed by atoms with Gasteiger partial charge in [0.2, 0.25) is 0 Å². The molecule has 2 heterocycles. The summed E-state index contributed by atoms with van der Waals surface area (Å²) in [6.07, 6.45) is 4.69. The number of pyridine rings is 2. The van der Waals surface area contributed by atoms with Crippen LogP contribution in [0.4, 0.5) is 0 Å². The second kappa shape index (κ2) is 3.56. The van der Waals surface area contributed by atoms with Crippen molar-refractivity contribution in [2.45, 2.75) is 13.3 Å². The van der Waals surface area contributed by atoms with E-state index in [1.807, 2.05) is 12.3 Å². The van der Waals surface area contributed by atoms with Gasteiger partial charge in [-0.25, -0.2) is 0 Å². The molecule has 16 heavy (non-hydrogen) atoms. The predicted octanol–water partition coefficient (Wildman–Crippen LogP) is 3.35. The fourth-order valence-corrected chi connectivity index (χ4v) is 2.01. The van der Waals surface area contributed by atoms with Gasteiger partial charge in [-0.3, -0.25) is 9.97 Å². The van der Waals surface area contributed by atoms with Crippen LogP contribution in [0.5, 0.6) is 0 Å². The predicted molar refractivity (Wildman–Crippen MR) is 66.4 cm³/mol. The van der Waals surface area contributed by atoms with Crippen LogP contribution in [-0.4, -0.2) is 9.97 Å². The summed E-state index contributed by atoms with van der Waals surface area (Å²) in [5.74, 6) is 0. The number of nitrogens with zero attached hydrogens (tertiary/aromatic N) is 2. The van der Waals surface area contributed by atoms with Gasteiger partial charge in [0.05, 0.1) is 17.2 Å². The third-order valence-electron chi connectivity index (χ3n) is 2.93. The zero-order valence-corrected chi connectivity index (χ0v) is 9.14. The second-order valence-corrected chi connectivity index (χ2v) is 3.90. The van der Waals surface area contributed by atoms with Gasteiger partial charge in [0.15, 0.2) is 0 Å². The van der Waals surface area contributed by atoms with Crippen LogP contribution < -0.4 is 0 Å². The molecule has 0 N–H and O–H groups in total. The number of aromatic nitrogens is 2. The molecular weight excluding hydrogens is 196 g/mol.